The predicted molar refractivity (Wildman–Crippen MR) is 58.1 cm³/mol. The fourth-order valence-corrected chi connectivity index (χ4v) is 1.28. The van der Waals surface area contributed by atoms with Crippen LogP contribution in [0.1, 0.15) is 18.5 Å². The number of aromatic nitrogens is 2. The molecule has 0 fully saturated rings. The summed E-state index contributed by atoms with van der Waals surface area (Å²) in [5.74, 6) is 0. The maximum atomic E-state index is 3.96. The van der Waals surface area contributed by atoms with Gasteiger partial charge in [-0.25, -0.2) is 4.98 Å². The van der Waals surface area contributed by atoms with Crippen molar-refractivity contribution in [3.8, 4) is 0 Å². The molecule has 0 aliphatic rings. The Labute approximate surface area is 85.7 Å². The van der Waals surface area contributed by atoms with E-state index >= 15 is 0 Å². The van der Waals surface area contributed by atoms with Gasteiger partial charge in [-0.2, -0.15) is 0 Å². The summed E-state index contributed by atoms with van der Waals surface area (Å²) in [6.45, 7) is 3.14. The molecule has 0 aliphatic heterocycles. The summed E-state index contributed by atoms with van der Waals surface area (Å²) in [5, 5.41) is 3.37. The van der Waals surface area contributed by atoms with Crippen LogP contribution in [0.15, 0.2) is 12.5 Å². The van der Waals surface area contributed by atoms with Crippen LogP contribution in [0.4, 0.5) is 0 Å². The minimum Gasteiger partial charge on any atom is -0.347 e. The van der Waals surface area contributed by atoms with Gasteiger partial charge in [-0.3, -0.25) is 0 Å². The molecule has 0 aliphatic carbocycles. The molecular formula is C10H20N4. The summed E-state index contributed by atoms with van der Waals surface area (Å²) in [6, 6.07) is 0. The standard InChI is InChI=1S/C10H20N4/c1-14(2)6-4-3-5-11-7-10-8-12-9-13-10/h8-9,11H,3-7H2,1-2H3,(H,12,13). The normalized spacial score (nSPS) is 11.1. The second-order valence-corrected chi connectivity index (χ2v) is 3.76. The number of imidazole rings is 1. The molecule has 0 unspecified atom stereocenters. The third kappa shape index (κ3) is 4.99. The molecule has 0 bridgehead atoms. The summed E-state index contributed by atoms with van der Waals surface area (Å²) in [5.41, 5.74) is 1.15. The van der Waals surface area contributed by atoms with E-state index in [1.165, 1.54) is 19.4 Å². The van der Waals surface area contributed by atoms with Crippen LogP contribution in [0.5, 0.6) is 0 Å². The molecule has 1 aromatic rings. The molecule has 0 amide bonds. The number of hydrogen-bond donors (Lipinski definition) is 2. The molecule has 0 atom stereocenters. The number of H-pyrrole nitrogens is 1. The van der Waals surface area contributed by atoms with E-state index < -0.39 is 0 Å². The molecule has 0 saturated heterocycles. The van der Waals surface area contributed by atoms with Crippen molar-refractivity contribution in [3.63, 3.8) is 0 Å². The maximum Gasteiger partial charge on any atom is 0.0922 e. The molecule has 0 aromatic carbocycles. The van der Waals surface area contributed by atoms with Crippen molar-refractivity contribution in [2.45, 2.75) is 19.4 Å². The van der Waals surface area contributed by atoms with Gasteiger partial charge in [-0.05, 0) is 40.0 Å². The lowest BCUT2D eigenvalue weighted by Gasteiger charge is -2.08. The lowest BCUT2D eigenvalue weighted by molar-refractivity contribution is 0.391. The molecule has 4 nitrogen and oxygen atoms in total. The van der Waals surface area contributed by atoms with Crippen molar-refractivity contribution in [3.05, 3.63) is 18.2 Å². The fourth-order valence-electron chi connectivity index (χ4n) is 1.28. The summed E-state index contributed by atoms with van der Waals surface area (Å²) < 4.78 is 0. The monoisotopic (exact) mass is 196 g/mol. The van der Waals surface area contributed by atoms with E-state index in [4.69, 9.17) is 0 Å². The van der Waals surface area contributed by atoms with Gasteiger partial charge in [0.15, 0.2) is 0 Å². The highest BCUT2D eigenvalue weighted by molar-refractivity contribution is 4.92. The van der Waals surface area contributed by atoms with Crippen molar-refractivity contribution in [2.24, 2.45) is 0 Å². The summed E-state index contributed by atoms with van der Waals surface area (Å²) in [4.78, 5) is 9.24. The third-order valence-corrected chi connectivity index (χ3v) is 2.08. The molecule has 1 heterocycles. The summed E-state index contributed by atoms with van der Waals surface area (Å²) >= 11 is 0. The Morgan fingerprint density at radius 3 is 2.93 bits per heavy atom. The molecule has 14 heavy (non-hydrogen) atoms. The van der Waals surface area contributed by atoms with E-state index in [-0.39, 0.29) is 0 Å². The van der Waals surface area contributed by atoms with Crippen molar-refractivity contribution in [1.29, 1.82) is 0 Å². The van der Waals surface area contributed by atoms with Gasteiger partial charge in [0.25, 0.3) is 0 Å². The number of nitrogens with zero attached hydrogens (tertiary/aromatic N) is 2. The molecule has 0 radical (unpaired) electrons. The van der Waals surface area contributed by atoms with E-state index in [9.17, 15) is 0 Å². The second kappa shape index (κ2) is 6.56. The van der Waals surface area contributed by atoms with Crippen LogP contribution >= 0.6 is 0 Å². The van der Waals surface area contributed by atoms with Gasteiger partial charge >= 0.3 is 0 Å². The summed E-state index contributed by atoms with van der Waals surface area (Å²) in [6.07, 6.45) is 6.05. The number of rotatable bonds is 7. The Hall–Kier alpha value is -0.870. The molecule has 0 spiro atoms. The first-order chi connectivity index (χ1) is 6.79. The number of aromatic amines is 1. The Kier molecular flexibility index (Phi) is 5.25. The van der Waals surface area contributed by atoms with E-state index in [1.807, 2.05) is 6.20 Å². The van der Waals surface area contributed by atoms with Crippen LogP contribution in [-0.2, 0) is 6.54 Å². The Balaban J connectivity index is 1.90. The lowest BCUT2D eigenvalue weighted by atomic mass is 10.3. The first-order valence-electron chi connectivity index (χ1n) is 5.12. The molecule has 80 valence electrons. The van der Waals surface area contributed by atoms with E-state index in [2.05, 4.69) is 34.3 Å². The number of unbranched alkanes of at least 4 members (excludes halogenated alkanes) is 1. The Morgan fingerprint density at radius 2 is 2.29 bits per heavy atom. The topological polar surface area (TPSA) is 44.0 Å². The SMILES string of the molecule is CN(C)CCCCNCc1cnc[nH]1. The van der Waals surface area contributed by atoms with E-state index in [1.54, 1.807) is 6.33 Å². The zero-order valence-electron chi connectivity index (χ0n) is 9.08. The van der Waals surface area contributed by atoms with Gasteiger partial charge in [-0.1, -0.05) is 0 Å². The Bertz CT molecular complexity index is 218. The van der Waals surface area contributed by atoms with Gasteiger partial charge in [0.2, 0.25) is 0 Å². The quantitative estimate of drug-likeness (QED) is 0.635. The lowest BCUT2D eigenvalue weighted by Crippen LogP contribution is -2.18. The van der Waals surface area contributed by atoms with Crippen LogP contribution in [0, 0.1) is 0 Å². The van der Waals surface area contributed by atoms with Crippen molar-refractivity contribution in [1.82, 2.24) is 20.2 Å². The minimum atomic E-state index is 0.891. The maximum absolute atomic E-state index is 3.96. The smallest absolute Gasteiger partial charge is 0.0922 e. The zero-order chi connectivity index (χ0) is 10.2. The van der Waals surface area contributed by atoms with Crippen molar-refractivity contribution < 1.29 is 0 Å². The first kappa shape index (κ1) is 11.2. The average Bonchev–Trinajstić information content (AvgIpc) is 2.63. The largest absolute Gasteiger partial charge is 0.347 e. The molecule has 4 heteroatoms. The van der Waals surface area contributed by atoms with Crippen LogP contribution in [-0.4, -0.2) is 42.1 Å². The van der Waals surface area contributed by atoms with Crippen LogP contribution < -0.4 is 5.32 Å². The van der Waals surface area contributed by atoms with Gasteiger partial charge in [-0.15, -0.1) is 0 Å². The first-order valence-corrected chi connectivity index (χ1v) is 5.12. The summed E-state index contributed by atoms with van der Waals surface area (Å²) in [7, 11) is 4.22. The molecule has 0 saturated carbocycles. The van der Waals surface area contributed by atoms with E-state index in [0.29, 0.717) is 0 Å². The number of hydrogen-bond acceptors (Lipinski definition) is 3. The second-order valence-electron chi connectivity index (χ2n) is 3.76. The van der Waals surface area contributed by atoms with Crippen molar-refractivity contribution in [2.75, 3.05) is 27.2 Å². The highest BCUT2D eigenvalue weighted by atomic mass is 15.0. The highest BCUT2D eigenvalue weighted by Gasteiger charge is 1.93. The highest BCUT2D eigenvalue weighted by Crippen LogP contribution is 1.92. The average molecular weight is 196 g/mol. The van der Waals surface area contributed by atoms with E-state index in [0.717, 1.165) is 18.8 Å². The fraction of sp³-hybridized carbons (Fsp3) is 0.700. The van der Waals surface area contributed by atoms with Gasteiger partial charge < -0.3 is 15.2 Å². The molecule has 1 rings (SSSR count). The van der Waals surface area contributed by atoms with Crippen LogP contribution in [0.3, 0.4) is 0 Å². The Morgan fingerprint density at radius 1 is 1.43 bits per heavy atom. The molecule has 2 N–H and O–H groups in total. The van der Waals surface area contributed by atoms with Crippen LogP contribution in [0.25, 0.3) is 0 Å². The van der Waals surface area contributed by atoms with Crippen LogP contribution in [0.2, 0.25) is 0 Å². The third-order valence-electron chi connectivity index (χ3n) is 2.08. The van der Waals surface area contributed by atoms with Gasteiger partial charge in [0, 0.05) is 18.4 Å². The van der Waals surface area contributed by atoms with Gasteiger partial charge in [0.05, 0.1) is 6.33 Å². The number of nitrogens with one attached hydrogen (secondary N) is 2. The zero-order valence-corrected chi connectivity index (χ0v) is 9.08. The minimum absolute atomic E-state index is 0.891. The van der Waals surface area contributed by atoms with Gasteiger partial charge in [0.1, 0.15) is 0 Å². The molecule has 1 aromatic heterocycles. The predicted octanol–water partition coefficient (Wildman–Crippen LogP) is 0.841. The van der Waals surface area contributed by atoms with Crippen molar-refractivity contribution >= 4 is 0 Å². The molecular weight excluding hydrogens is 176 g/mol.